The highest BCUT2D eigenvalue weighted by Gasteiger charge is 2.34. The van der Waals surface area contributed by atoms with E-state index in [-0.39, 0.29) is 22.8 Å². The van der Waals surface area contributed by atoms with Crippen LogP contribution < -0.4 is 0 Å². The molecule has 0 N–H and O–H groups in total. The number of hydrogen-bond donors (Lipinski definition) is 0. The first-order valence-electron chi connectivity index (χ1n) is 5.44. The first-order valence-corrected chi connectivity index (χ1v) is 5.44. The van der Waals surface area contributed by atoms with E-state index in [1.807, 2.05) is 0 Å². The summed E-state index contributed by atoms with van der Waals surface area (Å²) in [7, 11) is 1.19. The second-order valence-electron chi connectivity index (χ2n) is 3.73. The maximum absolute atomic E-state index is 11.6. The molecule has 0 bridgehead atoms. The number of benzene rings is 1. The molecule has 1 aromatic carbocycles. The van der Waals surface area contributed by atoms with E-state index in [0.29, 0.717) is 0 Å². The lowest BCUT2D eigenvalue weighted by Gasteiger charge is -2.05. The first kappa shape index (κ1) is 12.9. The van der Waals surface area contributed by atoms with E-state index < -0.39 is 17.2 Å². The fourth-order valence-electron chi connectivity index (χ4n) is 1.71. The predicted octanol–water partition coefficient (Wildman–Crippen LogP) is 1.83. The van der Waals surface area contributed by atoms with Gasteiger partial charge in [-0.1, -0.05) is 12.1 Å². The van der Waals surface area contributed by atoms with Gasteiger partial charge in [0.2, 0.25) is 6.29 Å². The molecule has 0 spiro atoms. The number of carbonyl (C=O) groups excluding carboxylic acids is 1. The van der Waals surface area contributed by atoms with E-state index in [1.165, 1.54) is 25.3 Å². The molecular weight excluding hydrogens is 254 g/mol. The highest BCUT2D eigenvalue weighted by molar-refractivity contribution is 5.95. The Bertz CT molecular complexity index is 565. The van der Waals surface area contributed by atoms with Gasteiger partial charge in [0.25, 0.3) is 11.4 Å². The lowest BCUT2D eigenvalue weighted by atomic mass is 10.1. The summed E-state index contributed by atoms with van der Waals surface area (Å²) in [5, 5.41) is 11.0. The molecule has 1 unspecified atom stereocenters. The molecule has 1 atom stereocenters. The fourth-order valence-corrected chi connectivity index (χ4v) is 1.71. The quantitative estimate of drug-likeness (QED) is 0.470. The van der Waals surface area contributed by atoms with Crippen molar-refractivity contribution in [2.75, 3.05) is 7.11 Å². The number of carbonyl (C=O) groups is 1. The molecule has 19 heavy (non-hydrogen) atoms. The number of hydrogen-bond acceptors (Lipinski definition) is 6. The third-order valence-corrected chi connectivity index (χ3v) is 2.49. The van der Waals surface area contributed by atoms with Crippen molar-refractivity contribution >= 4 is 17.4 Å². The van der Waals surface area contributed by atoms with Crippen molar-refractivity contribution in [3.63, 3.8) is 0 Å². The minimum absolute atomic E-state index is 0.0200. The van der Waals surface area contributed by atoms with Gasteiger partial charge in [-0.2, -0.15) is 0 Å². The van der Waals surface area contributed by atoms with Crippen LogP contribution in [0, 0.1) is 10.1 Å². The van der Waals surface area contributed by atoms with Crippen molar-refractivity contribution in [3.8, 4) is 0 Å². The number of nitrogens with zero attached hydrogens (tertiary/aromatic N) is 1. The Balaban J connectivity index is 2.55. The van der Waals surface area contributed by atoms with Crippen molar-refractivity contribution in [1.82, 2.24) is 0 Å². The Kier molecular flexibility index (Phi) is 3.37. The van der Waals surface area contributed by atoms with E-state index in [0.717, 1.165) is 0 Å². The van der Waals surface area contributed by atoms with Crippen LogP contribution in [0.4, 0.5) is 5.69 Å². The normalized spacial score (nSPS) is 17.7. The molecule has 0 amide bonds. The van der Waals surface area contributed by atoms with E-state index in [4.69, 9.17) is 9.47 Å². The molecule has 0 fully saturated rings. The van der Waals surface area contributed by atoms with Crippen LogP contribution in [-0.2, 0) is 19.0 Å². The summed E-state index contributed by atoms with van der Waals surface area (Å²) in [6.07, 6.45) is -0.705. The first-order chi connectivity index (χ1) is 9.04. The molecule has 0 saturated carbocycles. The molecule has 1 aliphatic rings. The fraction of sp³-hybridized carbons (Fsp3) is 0.250. The molecule has 1 aliphatic heterocycles. The van der Waals surface area contributed by atoms with Gasteiger partial charge in [-0.15, -0.1) is 0 Å². The lowest BCUT2D eigenvalue weighted by molar-refractivity contribution is -0.385. The molecule has 0 radical (unpaired) electrons. The Morgan fingerprint density at radius 1 is 1.37 bits per heavy atom. The number of rotatable bonds is 3. The molecule has 7 nitrogen and oxygen atoms in total. The van der Waals surface area contributed by atoms with Crippen molar-refractivity contribution in [2.24, 2.45) is 0 Å². The minimum atomic E-state index is -0.738. The van der Waals surface area contributed by atoms with Crippen LogP contribution in [0.5, 0.6) is 0 Å². The monoisotopic (exact) mass is 265 g/mol. The molecule has 100 valence electrons. The maximum atomic E-state index is 11.6. The summed E-state index contributed by atoms with van der Waals surface area (Å²) >= 11 is 0. The van der Waals surface area contributed by atoms with Crippen molar-refractivity contribution in [3.05, 3.63) is 45.7 Å². The molecule has 0 saturated heterocycles. The van der Waals surface area contributed by atoms with Gasteiger partial charge in [-0.25, -0.2) is 4.79 Å². The highest BCUT2D eigenvalue weighted by atomic mass is 16.7. The molecule has 2 rings (SSSR count). The van der Waals surface area contributed by atoms with Crippen LogP contribution >= 0.6 is 0 Å². The van der Waals surface area contributed by atoms with Gasteiger partial charge in [0, 0.05) is 13.0 Å². The van der Waals surface area contributed by atoms with Gasteiger partial charge in [0.05, 0.1) is 17.6 Å². The largest absolute Gasteiger partial charge is 0.463 e. The second kappa shape index (κ2) is 4.97. The maximum Gasteiger partial charge on any atom is 0.377 e. The zero-order chi connectivity index (χ0) is 14.0. The number of para-hydroxylation sites is 1. The summed E-state index contributed by atoms with van der Waals surface area (Å²) in [5.74, 6) is -0.881. The third-order valence-electron chi connectivity index (χ3n) is 2.49. The number of esters is 1. The SMILES string of the molecule is COC(=O)C1=C(c2ccccc2[N+](=O)[O-])OC(C)O1. The van der Waals surface area contributed by atoms with E-state index >= 15 is 0 Å². The second-order valence-corrected chi connectivity index (χ2v) is 3.73. The Morgan fingerprint density at radius 3 is 2.68 bits per heavy atom. The number of methoxy groups -OCH3 is 1. The summed E-state index contributed by atoms with van der Waals surface area (Å²) in [5.41, 5.74) is 0.00820. The van der Waals surface area contributed by atoms with Crippen LogP contribution in [0.15, 0.2) is 30.0 Å². The van der Waals surface area contributed by atoms with Crippen molar-refractivity contribution in [1.29, 1.82) is 0 Å². The predicted molar refractivity (Wildman–Crippen MR) is 63.7 cm³/mol. The Labute approximate surface area is 108 Å². The van der Waals surface area contributed by atoms with Gasteiger partial charge in [-0.3, -0.25) is 10.1 Å². The highest BCUT2D eigenvalue weighted by Crippen LogP contribution is 2.35. The average Bonchev–Trinajstić information content (AvgIpc) is 2.79. The summed E-state index contributed by atoms with van der Waals surface area (Å²) in [6, 6.07) is 5.94. The Morgan fingerprint density at radius 2 is 2.05 bits per heavy atom. The summed E-state index contributed by atoms with van der Waals surface area (Å²) < 4.78 is 15.1. The van der Waals surface area contributed by atoms with Crippen LogP contribution in [0.2, 0.25) is 0 Å². The molecule has 1 aromatic rings. The molecule has 0 aromatic heterocycles. The van der Waals surface area contributed by atoms with E-state index in [2.05, 4.69) is 4.74 Å². The van der Waals surface area contributed by atoms with Gasteiger partial charge in [0.1, 0.15) is 0 Å². The van der Waals surface area contributed by atoms with E-state index in [9.17, 15) is 14.9 Å². The third kappa shape index (κ3) is 2.35. The number of nitro groups is 1. The average molecular weight is 265 g/mol. The van der Waals surface area contributed by atoms with Gasteiger partial charge >= 0.3 is 5.97 Å². The standard InChI is InChI=1S/C12H11NO6/c1-7-18-10(11(19-7)12(14)17-2)8-5-3-4-6-9(8)13(15)16/h3-7H,1-2H3. The zero-order valence-electron chi connectivity index (χ0n) is 10.3. The van der Waals surface area contributed by atoms with Crippen molar-refractivity contribution in [2.45, 2.75) is 13.2 Å². The smallest absolute Gasteiger partial charge is 0.377 e. The number of nitro benzene ring substituents is 1. The zero-order valence-corrected chi connectivity index (χ0v) is 10.3. The number of ether oxygens (including phenoxy) is 3. The molecular formula is C12H11NO6. The summed E-state index contributed by atoms with van der Waals surface area (Å²) in [4.78, 5) is 22.0. The Hall–Kier alpha value is -2.57. The van der Waals surface area contributed by atoms with Crippen LogP contribution in [0.1, 0.15) is 12.5 Å². The molecule has 0 aliphatic carbocycles. The molecule has 7 heteroatoms. The topological polar surface area (TPSA) is 87.9 Å². The van der Waals surface area contributed by atoms with Crippen LogP contribution in [0.3, 0.4) is 0 Å². The lowest BCUT2D eigenvalue weighted by Crippen LogP contribution is -2.08. The summed E-state index contributed by atoms with van der Waals surface area (Å²) in [6.45, 7) is 1.57. The van der Waals surface area contributed by atoms with Gasteiger partial charge in [0.15, 0.2) is 5.76 Å². The van der Waals surface area contributed by atoms with Crippen molar-refractivity contribution < 1.29 is 23.9 Å². The van der Waals surface area contributed by atoms with E-state index in [1.54, 1.807) is 13.0 Å². The molecule has 1 heterocycles. The minimum Gasteiger partial charge on any atom is -0.463 e. The van der Waals surface area contributed by atoms with Crippen LogP contribution in [-0.4, -0.2) is 24.3 Å². The van der Waals surface area contributed by atoms with Gasteiger partial charge < -0.3 is 14.2 Å². The van der Waals surface area contributed by atoms with Crippen LogP contribution in [0.25, 0.3) is 5.76 Å². The van der Waals surface area contributed by atoms with Gasteiger partial charge in [-0.05, 0) is 6.07 Å².